The van der Waals surface area contributed by atoms with Gasteiger partial charge < -0.3 is 4.42 Å². The Morgan fingerprint density at radius 2 is 1.47 bits per heavy atom. The van der Waals surface area contributed by atoms with Gasteiger partial charge in [-0.1, -0.05) is 96.6 Å². The lowest BCUT2D eigenvalue weighted by atomic mass is 9.85. The number of benzene rings is 3. The molecule has 2 aliphatic carbocycles. The van der Waals surface area contributed by atoms with Gasteiger partial charge in [0.05, 0.1) is 6.26 Å². The first-order chi connectivity index (χ1) is 16.8. The highest BCUT2D eigenvalue weighted by Gasteiger charge is 2.30. The highest BCUT2D eigenvalue weighted by molar-refractivity contribution is 5.95. The predicted octanol–water partition coefficient (Wildman–Crippen LogP) is 9.02. The molecule has 1 heterocycles. The maximum absolute atomic E-state index is 5.90. The van der Waals surface area contributed by atoms with E-state index in [0.29, 0.717) is 11.8 Å². The zero-order valence-electron chi connectivity index (χ0n) is 19.4. The quantitative estimate of drug-likeness (QED) is 0.291. The number of hydrogen-bond acceptors (Lipinski definition) is 1. The molecule has 2 aliphatic rings. The van der Waals surface area contributed by atoms with Crippen LogP contribution < -0.4 is 0 Å². The maximum Gasteiger partial charge on any atom is 0.130 e. The number of hydrogen-bond donors (Lipinski definition) is 0. The number of fused-ring (bicyclic) bond motifs is 1. The van der Waals surface area contributed by atoms with Crippen LogP contribution in [0.5, 0.6) is 0 Å². The van der Waals surface area contributed by atoms with Gasteiger partial charge in [-0.3, -0.25) is 0 Å². The molecule has 2 atom stereocenters. The minimum absolute atomic E-state index is 0.340. The Balaban J connectivity index is 1.32. The van der Waals surface area contributed by atoms with Crippen LogP contribution in [0.2, 0.25) is 0 Å². The average Bonchev–Trinajstić information content (AvgIpc) is 3.62. The minimum Gasteiger partial charge on any atom is -0.465 e. The molecule has 1 aromatic heterocycles. The Morgan fingerprint density at radius 3 is 2.21 bits per heavy atom. The summed E-state index contributed by atoms with van der Waals surface area (Å²) in [4.78, 5) is 0. The molecule has 2 unspecified atom stereocenters. The van der Waals surface area contributed by atoms with Crippen LogP contribution in [0.25, 0.3) is 28.3 Å². The lowest BCUT2D eigenvalue weighted by Crippen LogP contribution is -2.03. The molecule has 4 aromatic rings. The molecule has 0 aliphatic heterocycles. The Morgan fingerprint density at radius 1 is 0.706 bits per heavy atom. The van der Waals surface area contributed by atoms with Gasteiger partial charge in [0, 0.05) is 11.5 Å². The van der Waals surface area contributed by atoms with E-state index in [9.17, 15) is 0 Å². The molecule has 0 spiro atoms. The van der Waals surface area contributed by atoms with Crippen LogP contribution in [0.3, 0.4) is 0 Å². The van der Waals surface area contributed by atoms with Gasteiger partial charge in [0.1, 0.15) is 5.76 Å². The molecule has 0 saturated carbocycles. The fourth-order valence-corrected chi connectivity index (χ4v) is 5.55. The first-order valence-electron chi connectivity index (χ1n) is 12.2. The van der Waals surface area contributed by atoms with Crippen LogP contribution in [0, 0.1) is 5.92 Å². The molecule has 0 N–H and O–H groups in total. The van der Waals surface area contributed by atoms with Gasteiger partial charge in [-0.2, -0.15) is 0 Å². The topological polar surface area (TPSA) is 13.1 Å². The van der Waals surface area contributed by atoms with E-state index in [0.717, 1.165) is 18.6 Å². The van der Waals surface area contributed by atoms with Crippen LogP contribution in [-0.4, -0.2) is 0 Å². The monoisotopic (exact) mass is 440 g/mol. The Labute approximate surface area is 201 Å². The van der Waals surface area contributed by atoms with Crippen molar-refractivity contribution in [3.8, 4) is 11.1 Å². The standard InChI is InChI=1S/C33H28O/c1-23-20-27(24-10-4-2-5-11-24)21-26(23)17-18-30-29-15-8-14-28(25-12-6-3-7-13-25)31(29)22-32(30)33-16-9-19-34-33/h2-16,19-22,26,30H,17-18H2,1H3. The highest BCUT2D eigenvalue weighted by atomic mass is 16.3. The van der Waals surface area contributed by atoms with Crippen LogP contribution in [0.4, 0.5) is 0 Å². The molecule has 3 aromatic carbocycles. The fourth-order valence-electron chi connectivity index (χ4n) is 5.55. The Bertz CT molecular complexity index is 1390. The van der Waals surface area contributed by atoms with E-state index in [2.05, 4.69) is 110 Å². The molecule has 166 valence electrons. The summed E-state index contributed by atoms with van der Waals surface area (Å²) in [6, 6.07) is 32.3. The molecule has 0 amide bonds. The third-order valence-corrected chi connectivity index (χ3v) is 7.30. The largest absolute Gasteiger partial charge is 0.465 e. The van der Waals surface area contributed by atoms with Crippen LogP contribution in [0.15, 0.2) is 119 Å². The zero-order chi connectivity index (χ0) is 22.9. The van der Waals surface area contributed by atoms with E-state index >= 15 is 0 Å². The van der Waals surface area contributed by atoms with Crippen molar-refractivity contribution < 1.29 is 4.42 Å². The van der Waals surface area contributed by atoms with Crippen molar-refractivity contribution >= 4 is 17.2 Å². The SMILES string of the molecule is CC1=CC(c2ccccc2)=CC1CCC1C(c2ccco2)=Cc2c(-c3ccccc3)cccc21. The van der Waals surface area contributed by atoms with Gasteiger partial charge in [-0.15, -0.1) is 0 Å². The molecule has 0 saturated heterocycles. The van der Waals surface area contributed by atoms with Crippen LogP contribution >= 0.6 is 0 Å². The Kier molecular flexibility index (Phi) is 5.39. The van der Waals surface area contributed by atoms with E-state index in [1.54, 1.807) is 6.26 Å². The van der Waals surface area contributed by atoms with Gasteiger partial charge in [0.25, 0.3) is 0 Å². The van der Waals surface area contributed by atoms with Crippen molar-refractivity contribution in [2.75, 3.05) is 0 Å². The van der Waals surface area contributed by atoms with Crippen molar-refractivity contribution in [3.63, 3.8) is 0 Å². The van der Waals surface area contributed by atoms with E-state index in [-0.39, 0.29) is 0 Å². The van der Waals surface area contributed by atoms with E-state index in [1.807, 2.05) is 6.07 Å². The summed E-state index contributed by atoms with van der Waals surface area (Å²) < 4.78 is 5.90. The van der Waals surface area contributed by atoms with Gasteiger partial charge in [-0.25, -0.2) is 0 Å². The average molecular weight is 441 g/mol. The van der Waals surface area contributed by atoms with Gasteiger partial charge in [0.15, 0.2) is 0 Å². The second-order valence-electron chi connectivity index (χ2n) is 9.36. The summed E-state index contributed by atoms with van der Waals surface area (Å²) in [7, 11) is 0. The van der Waals surface area contributed by atoms with Gasteiger partial charge >= 0.3 is 0 Å². The van der Waals surface area contributed by atoms with Crippen molar-refractivity contribution in [2.45, 2.75) is 25.7 Å². The number of allylic oxidation sites excluding steroid dienone is 5. The lowest BCUT2D eigenvalue weighted by molar-refractivity contribution is 0.540. The summed E-state index contributed by atoms with van der Waals surface area (Å²) in [5.41, 5.74) is 10.7. The lowest BCUT2D eigenvalue weighted by Gasteiger charge is -2.19. The molecule has 1 nitrogen and oxygen atoms in total. The molecular weight excluding hydrogens is 412 g/mol. The van der Waals surface area contributed by atoms with E-state index < -0.39 is 0 Å². The maximum atomic E-state index is 5.90. The summed E-state index contributed by atoms with van der Waals surface area (Å²) in [5, 5.41) is 0. The molecule has 0 radical (unpaired) electrons. The Hall–Kier alpha value is -3.84. The molecular formula is C33H28O. The van der Waals surface area contributed by atoms with E-state index in [1.165, 1.54) is 44.5 Å². The smallest absolute Gasteiger partial charge is 0.130 e. The van der Waals surface area contributed by atoms with Gasteiger partial charge in [-0.05, 0) is 77.3 Å². The number of rotatable bonds is 6. The fraction of sp³-hybridized carbons (Fsp3) is 0.152. The summed E-state index contributed by atoms with van der Waals surface area (Å²) in [6.45, 7) is 2.27. The second-order valence-corrected chi connectivity index (χ2v) is 9.36. The first kappa shape index (κ1) is 20.7. The number of furan rings is 1. The third-order valence-electron chi connectivity index (χ3n) is 7.30. The zero-order valence-corrected chi connectivity index (χ0v) is 19.4. The van der Waals surface area contributed by atoms with Crippen molar-refractivity contribution in [2.24, 2.45) is 5.92 Å². The molecule has 6 rings (SSSR count). The first-order valence-corrected chi connectivity index (χ1v) is 12.2. The van der Waals surface area contributed by atoms with Crippen molar-refractivity contribution in [1.29, 1.82) is 0 Å². The predicted molar refractivity (Wildman–Crippen MR) is 142 cm³/mol. The van der Waals surface area contributed by atoms with E-state index in [4.69, 9.17) is 4.42 Å². The molecule has 0 bridgehead atoms. The van der Waals surface area contributed by atoms with Gasteiger partial charge in [0.2, 0.25) is 0 Å². The summed E-state index contributed by atoms with van der Waals surface area (Å²) in [6.07, 6.45) is 11.2. The molecule has 1 heteroatoms. The van der Waals surface area contributed by atoms with Crippen LogP contribution in [0.1, 0.15) is 48.1 Å². The van der Waals surface area contributed by atoms with Crippen LogP contribution in [-0.2, 0) is 0 Å². The van der Waals surface area contributed by atoms with Crippen molar-refractivity contribution in [3.05, 3.63) is 137 Å². The second kappa shape index (κ2) is 8.83. The molecule has 34 heavy (non-hydrogen) atoms. The van der Waals surface area contributed by atoms with Crippen molar-refractivity contribution in [1.82, 2.24) is 0 Å². The highest BCUT2D eigenvalue weighted by Crippen LogP contribution is 2.48. The normalized spacial score (nSPS) is 18.9. The minimum atomic E-state index is 0.340. The summed E-state index contributed by atoms with van der Waals surface area (Å²) >= 11 is 0. The third kappa shape index (κ3) is 3.78. The molecule has 0 fully saturated rings. The summed E-state index contributed by atoms with van der Waals surface area (Å²) in [5.74, 6) is 1.81.